The molecule has 146 valence electrons. The van der Waals surface area contributed by atoms with E-state index < -0.39 is 5.25 Å². The third-order valence-corrected chi connectivity index (χ3v) is 7.05. The largest absolute Gasteiger partial charge is 0.497 e. The number of ether oxygens (including phenoxy) is 2. The topological polar surface area (TPSA) is 70.4 Å². The Labute approximate surface area is 170 Å². The number of carbonyl (C=O) groups is 1. The summed E-state index contributed by atoms with van der Waals surface area (Å²) in [5.41, 5.74) is 1.69. The molecule has 0 amide bonds. The van der Waals surface area contributed by atoms with Crippen LogP contribution in [0.4, 0.5) is 0 Å². The lowest BCUT2D eigenvalue weighted by Crippen LogP contribution is -2.24. The van der Waals surface area contributed by atoms with E-state index in [0.29, 0.717) is 22.0 Å². The number of benzene rings is 1. The van der Waals surface area contributed by atoms with Gasteiger partial charge in [-0.3, -0.25) is 14.2 Å². The van der Waals surface area contributed by atoms with Crippen LogP contribution in [-0.2, 0) is 22.4 Å². The average molecular weight is 417 g/mol. The van der Waals surface area contributed by atoms with Crippen LogP contribution >= 0.6 is 23.1 Å². The number of thiophene rings is 1. The molecule has 3 aromatic rings. The SMILES string of the molecule is COC(=O)C(C)Sc1nc2sc3c(c2c(=O)n1-c1cccc(OC)c1)CCC3. The zero-order valence-electron chi connectivity index (χ0n) is 15.9. The highest BCUT2D eigenvalue weighted by Crippen LogP contribution is 2.36. The molecular weight excluding hydrogens is 396 g/mol. The highest BCUT2D eigenvalue weighted by molar-refractivity contribution is 8.00. The second-order valence-corrected chi connectivity index (χ2v) is 8.95. The summed E-state index contributed by atoms with van der Waals surface area (Å²) in [7, 11) is 2.94. The van der Waals surface area contributed by atoms with E-state index in [1.54, 1.807) is 36.0 Å². The number of fused-ring (bicyclic) bond motifs is 3. The Hall–Kier alpha value is -2.32. The molecule has 0 saturated heterocycles. The first-order chi connectivity index (χ1) is 13.5. The van der Waals surface area contributed by atoms with Gasteiger partial charge in [0, 0.05) is 10.9 Å². The van der Waals surface area contributed by atoms with Gasteiger partial charge in [-0.1, -0.05) is 17.8 Å². The van der Waals surface area contributed by atoms with Gasteiger partial charge in [0.15, 0.2) is 5.16 Å². The van der Waals surface area contributed by atoms with Crippen molar-refractivity contribution in [2.45, 2.75) is 36.6 Å². The molecule has 1 aliphatic carbocycles. The van der Waals surface area contributed by atoms with Crippen LogP contribution in [0.3, 0.4) is 0 Å². The van der Waals surface area contributed by atoms with Crippen molar-refractivity contribution >= 4 is 39.3 Å². The van der Waals surface area contributed by atoms with Gasteiger partial charge >= 0.3 is 5.97 Å². The molecule has 0 radical (unpaired) electrons. The van der Waals surface area contributed by atoms with Crippen molar-refractivity contribution in [1.29, 1.82) is 0 Å². The van der Waals surface area contributed by atoms with Crippen LogP contribution in [0.15, 0.2) is 34.2 Å². The van der Waals surface area contributed by atoms with Gasteiger partial charge < -0.3 is 9.47 Å². The van der Waals surface area contributed by atoms with Crippen LogP contribution < -0.4 is 10.3 Å². The van der Waals surface area contributed by atoms with Gasteiger partial charge in [-0.2, -0.15) is 0 Å². The minimum absolute atomic E-state index is 0.0998. The number of carbonyl (C=O) groups excluding carboxylic acids is 1. The van der Waals surface area contributed by atoms with Gasteiger partial charge in [0.2, 0.25) is 0 Å². The molecule has 6 nitrogen and oxygen atoms in total. The number of aromatic nitrogens is 2. The Balaban J connectivity index is 1.95. The fourth-order valence-corrected chi connectivity index (χ4v) is 5.71. The maximum absolute atomic E-state index is 13.6. The molecule has 2 aromatic heterocycles. The molecule has 0 saturated carbocycles. The Morgan fingerprint density at radius 2 is 2.14 bits per heavy atom. The van der Waals surface area contributed by atoms with Crippen molar-refractivity contribution < 1.29 is 14.3 Å². The molecule has 1 unspecified atom stereocenters. The van der Waals surface area contributed by atoms with E-state index in [1.807, 2.05) is 18.2 Å². The molecule has 4 rings (SSSR count). The first kappa shape index (κ1) is 19.0. The lowest BCUT2D eigenvalue weighted by molar-refractivity contribution is -0.139. The van der Waals surface area contributed by atoms with E-state index in [0.717, 1.165) is 29.7 Å². The first-order valence-electron chi connectivity index (χ1n) is 8.99. The highest BCUT2D eigenvalue weighted by Gasteiger charge is 2.26. The van der Waals surface area contributed by atoms with E-state index >= 15 is 0 Å². The second kappa shape index (κ2) is 7.60. The summed E-state index contributed by atoms with van der Waals surface area (Å²) >= 11 is 2.81. The quantitative estimate of drug-likeness (QED) is 0.360. The maximum atomic E-state index is 13.6. The fraction of sp³-hybridized carbons (Fsp3) is 0.350. The number of aryl methyl sites for hydroxylation is 2. The standard InChI is InChI=1S/C20H20N2O4S2/c1-11(19(24)26-3)27-20-21-17-16(14-8-5-9-15(14)28-17)18(23)22(20)12-6-4-7-13(10-12)25-2/h4,6-7,10-11H,5,8-9H2,1-3H3. The van der Waals surface area contributed by atoms with Crippen LogP contribution in [0.1, 0.15) is 23.8 Å². The van der Waals surface area contributed by atoms with Crippen LogP contribution in [0.25, 0.3) is 15.9 Å². The summed E-state index contributed by atoms with van der Waals surface area (Å²) in [5, 5.41) is 0.692. The molecule has 0 N–H and O–H groups in total. The van der Waals surface area contributed by atoms with Gasteiger partial charge in [0.25, 0.3) is 5.56 Å². The summed E-state index contributed by atoms with van der Waals surface area (Å²) in [5.74, 6) is 0.294. The molecule has 1 atom stereocenters. The fourth-order valence-electron chi connectivity index (χ4n) is 3.45. The molecule has 28 heavy (non-hydrogen) atoms. The molecule has 0 bridgehead atoms. The predicted molar refractivity (Wildman–Crippen MR) is 111 cm³/mol. The molecule has 0 spiro atoms. The van der Waals surface area contributed by atoms with Crippen LogP contribution in [0, 0.1) is 0 Å². The minimum Gasteiger partial charge on any atom is -0.497 e. The first-order valence-corrected chi connectivity index (χ1v) is 10.7. The number of rotatable bonds is 5. The minimum atomic E-state index is -0.488. The Bertz CT molecular complexity index is 1120. The van der Waals surface area contributed by atoms with Crippen molar-refractivity contribution in [2.24, 2.45) is 0 Å². The molecular formula is C20H20N2O4S2. The maximum Gasteiger partial charge on any atom is 0.318 e. The van der Waals surface area contributed by atoms with Gasteiger partial charge in [0.1, 0.15) is 15.8 Å². The summed E-state index contributed by atoms with van der Waals surface area (Å²) in [6.07, 6.45) is 2.98. The van der Waals surface area contributed by atoms with Crippen molar-refractivity contribution in [3.8, 4) is 11.4 Å². The molecule has 1 aromatic carbocycles. The molecule has 0 aliphatic heterocycles. The van der Waals surface area contributed by atoms with Crippen molar-refractivity contribution in [2.75, 3.05) is 14.2 Å². The lowest BCUT2D eigenvalue weighted by Gasteiger charge is -2.15. The van der Waals surface area contributed by atoms with Gasteiger partial charge in [0.05, 0.1) is 25.3 Å². The number of thioether (sulfide) groups is 1. The smallest absolute Gasteiger partial charge is 0.318 e. The van der Waals surface area contributed by atoms with E-state index in [9.17, 15) is 9.59 Å². The Morgan fingerprint density at radius 3 is 2.89 bits per heavy atom. The normalized spacial score (nSPS) is 14.1. The monoisotopic (exact) mass is 416 g/mol. The summed E-state index contributed by atoms with van der Waals surface area (Å²) in [6.45, 7) is 1.75. The van der Waals surface area contributed by atoms with Crippen LogP contribution in [0.2, 0.25) is 0 Å². The molecule has 0 fully saturated rings. The number of methoxy groups -OCH3 is 2. The number of hydrogen-bond donors (Lipinski definition) is 0. The summed E-state index contributed by atoms with van der Waals surface area (Å²) in [4.78, 5) is 32.3. The number of hydrogen-bond acceptors (Lipinski definition) is 7. The zero-order chi connectivity index (χ0) is 19.8. The number of nitrogens with zero attached hydrogens (tertiary/aromatic N) is 2. The molecule has 1 aliphatic rings. The van der Waals surface area contributed by atoms with Gasteiger partial charge in [-0.25, -0.2) is 4.98 Å². The van der Waals surface area contributed by atoms with E-state index in [2.05, 4.69) is 0 Å². The van der Waals surface area contributed by atoms with Crippen LogP contribution in [0.5, 0.6) is 5.75 Å². The third kappa shape index (κ3) is 3.20. The molecule has 8 heteroatoms. The average Bonchev–Trinajstić information content (AvgIpc) is 3.28. The predicted octanol–water partition coefficient (Wildman–Crippen LogP) is 3.60. The van der Waals surface area contributed by atoms with E-state index in [-0.39, 0.29) is 11.5 Å². The summed E-state index contributed by atoms with van der Waals surface area (Å²) < 4.78 is 11.7. The second-order valence-electron chi connectivity index (χ2n) is 6.56. The van der Waals surface area contributed by atoms with E-state index in [4.69, 9.17) is 14.5 Å². The van der Waals surface area contributed by atoms with Crippen molar-refractivity contribution in [3.63, 3.8) is 0 Å². The Morgan fingerprint density at radius 1 is 1.32 bits per heavy atom. The number of esters is 1. The third-order valence-electron chi connectivity index (χ3n) is 4.83. The zero-order valence-corrected chi connectivity index (χ0v) is 17.5. The summed E-state index contributed by atoms with van der Waals surface area (Å²) in [6, 6.07) is 7.30. The lowest BCUT2D eigenvalue weighted by atomic mass is 10.2. The van der Waals surface area contributed by atoms with Crippen LogP contribution in [-0.4, -0.2) is 35.0 Å². The van der Waals surface area contributed by atoms with Crippen molar-refractivity contribution in [1.82, 2.24) is 9.55 Å². The van der Waals surface area contributed by atoms with Gasteiger partial charge in [-0.15, -0.1) is 11.3 Å². The van der Waals surface area contributed by atoms with Gasteiger partial charge in [-0.05, 0) is 43.9 Å². The van der Waals surface area contributed by atoms with Crippen molar-refractivity contribution in [3.05, 3.63) is 45.1 Å². The Kier molecular flexibility index (Phi) is 5.16. The van der Waals surface area contributed by atoms with E-state index in [1.165, 1.54) is 23.7 Å². The highest BCUT2D eigenvalue weighted by atomic mass is 32.2. The molecule has 2 heterocycles.